The second-order valence-electron chi connectivity index (χ2n) is 6.11. The molecule has 2 N–H and O–H groups in total. The van der Waals surface area contributed by atoms with E-state index in [2.05, 4.69) is 10.3 Å². The molecule has 0 fully saturated rings. The average molecular weight is 365 g/mol. The Labute approximate surface area is 157 Å². The molecule has 0 aliphatic heterocycles. The highest BCUT2D eigenvalue weighted by atomic mass is 16.5. The van der Waals surface area contributed by atoms with Gasteiger partial charge < -0.3 is 19.9 Å². The first kappa shape index (κ1) is 18.5. The van der Waals surface area contributed by atoms with Gasteiger partial charge in [-0.15, -0.1) is 0 Å². The Balaban J connectivity index is 1.77. The van der Waals surface area contributed by atoms with E-state index in [4.69, 9.17) is 4.74 Å². The minimum absolute atomic E-state index is 0.174. The summed E-state index contributed by atoms with van der Waals surface area (Å²) in [6.45, 7) is 5.30. The first-order valence-corrected chi connectivity index (χ1v) is 9.00. The van der Waals surface area contributed by atoms with Crippen LogP contribution in [0.5, 0.6) is 5.75 Å². The van der Waals surface area contributed by atoms with Crippen LogP contribution in [-0.4, -0.2) is 29.1 Å². The van der Waals surface area contributed by atoms with Gasteiger partial charge in [-0.2, -0.15) is 0 Å². The lowest BCUT2D eigenvalue weighted by atomic mass is 10.1. The standard InChI is InChI=1S/C21H23N3O3/c1-3-24(21(26)22-16-9-11-17(12-10-16)27-4-2)14-15-13-20(25)23-19-8-6-5-7-18(15)19/h5-13H,3-4,14H2,1-2H3,(H,22,26)(H,23,25). The molecule has 3 rings (SSSR count). The minimum Gasteiger partial charge on any atom is -0.494 e. The number of aromatic amines is 1. The minimum atomic E-state index is -0.217. The number of pyridine rings is 1. The van der Waals surface area contributed by atoms with E-state index in [1.807, 2.05) is 50.2 Å². The molecule has 0 unspecified atom stereocenters. The number of para-hydroxylation sites is 1. The van der Waals surface area contributed by atoms with E-state index in [0.29, 0.717) is 25.4 Å². The van der Waals surface area contributed by atoms with E-state index in [1.165, 1.54) is 0 Å². The van der Waals surface area contributed by atoms with Crippen LogP contribution >= 0.6 is 0 Å². The zero-order valence-electron chi connectivity index (χ0n) is 15.5. The number of carbonyl (C=O) groups is 1. The molecule has 1 heterocycles. The fraction of sp³-hybridized carbons (Fsp3) is 0.238. The quantitative estimate of drug-likeness (QED) is 0.694. The molecule has 0 saturated carbocycles. The van der Waals surface area contributed by atoms with E-state index in [9.17, 15) is 9.59 Å². The molecule has 6 heteroatoms. The Morgan fingerprint density at radius 2 is 1.85 bits per heavy atom. The lowest BCUT2D eigenvalue weighted by Crippen LogP contribution is -2.34. The highest BCUT2D eigenvalue weighted by molar-refractivity contribution is 5.90. The van der Waals surface area contributed by atoms with Crippen LogP contribution in [0, 0.1) is 0 Å². The molecule has 2 amide bonds. The Kier molecular flexibility index (Phi) is 5.76. The van der Waals surface area contributed by atoms with Crippen molar-refractivity contribution in [3.05, 3.63) is 70.5 Å². The largest absolute Gasteiger partial charge is 0.494 e. The summed E-state index contributed by atoms with van der Waals surface area (Å²) >= 11 is 0. The summed E-state index contributed by atoms with van der Waals surface area (Å²) in [7, 11) is 0. The number of rotatable bonds is 6. The van der Waals surface area contributed by atoms with Crippen molar-refractivity contribution in [1.29, 1.82) is 0 Å². The van der Waals surface area contributed by atoms with Gasteiger partial charge in [-0.25, -0.2) is 4.79 Å². The van der Waals surface area contributed by atoms with Gasteiger partial charge in [0.15, 0.2) is 0 Å². The molecule has 0 aliphatic carbocycles. The highest BCUT2D eigenvalue weighted by Crippen LogP contribution is 2.19. The van der Waals surface area contributed by atoms with Crippen molar-refractivity contribution in [3.8, 4) is 5.75 Å². The molecule has 0 bridgehead atoms. The maximum Gasteiger partial charge on any atom is 0.322 e. The van der Waals surface area contributed by atoms with E-state index in [1.54, 1.807) is 23.1 Å². The van der Waals surface area contributed by atoms with Crippen LogP contribution in [0.1, 0.15) is 19.4 Å². The molecule has 0 spiro atoms. The fourth-order valence-electron chi connectivity index (χ4n) is 2.94. The second-order valence-corrected chi connectivity index (χ2v) is 6.11. The number of fused-ring (bicyclic) bond motifs is 1. The Morgan fingerprint density at radius 1 is 1.11 bits per heavy atom. The summed E-state index contributed by atoms with van der Waals surface area (Å²) in [5.74, 6) is 0.762. The number of aromatic nitrogens is 1. The zero-order chi connectivity index (χ0) is 19.2. The molecule has 0 radical (unpaired) electrons. The Bertz CT molecular complexity index is 980. The number of nitrogens with zero attached hydrogens (tertiary/aromatic N) is 1. The number of hydrogen-bond donors (Lipinski definition) is 2. The van der Waals surface area contributed by atoms with E-state index in [0.717, 1.165) is 22.2 Å². The summed E-state index contributed by atoms with van der Waals surface area (Å²) in [6, 6.07) is 16.2. The molecule has 0 saturated heterocycles. The van der Waals surface area contributed by atoms with Crippen molar-refractivity contribution in [2.45, 2.75) is 20.4 Å². The van der Waals surface area contributed by atoms with Gasteiger partial charge in [0, 0.05) is 35.7 Å². The third kappa shape index (κ3) is 4.47. The van der Waals surface area contributed by atoms with Crippen LogP contribution in [0.4, 0.5) is 10.5 Å². The normalized spacial score (nSPS) is 10.6. The van der Waals surface area contributed by atoms with Gasteiger partial charge in [-0.3, -0.25) is 4.79 Å². The Hall–Kier alpha value is -3.28. The summed E-state index contributed by atoms with van der Waals surface area (Å²) in [4.78, 5) is 29.1. The molecule has 2 aromatic carbocycles. The molecule has 0 atom stereocenters. The van der Waals surface area contributed by atoms with Gasteiger partial charge in [0.05, 0.1) is 6.61 Å². The van der Waals surface area contributed by atoms with Gasteiger partial charge in [-0.05, 0) is 49.7 Å². The first-order chi connectivity index (χ1) is 13.1. The van der Waals surface area contributed by atoms with E-state index in [-0.39, 0.29) is 11.6 Å². The topological polar surface area (TPSA) is 74.4 Å². The van der Waals surface area contributed by atoms with Crippen molar-refractivity contribution in [2.24, 2.45) is 0 Å². The Morgan fingerprint density at radius 3 is 2.56 bits per heavy atom. The smallest absolute Gasteiger partial charge is 0.322 e. The molecule has 0 aliphatic rings. The van der Waals surface area contributed by atoms with E-state index >= 15 is 0 Å². The highest BCUT2D eigenvalue weighted by Gasteiger charge is 2.14. The number of H-pyrrole nitrogens is 1. The number of urea groups is 1. The van der Waals surface area contributed by atoms with Crippen molar-refractivity contribution >= 4 is 22.6 Å². The molecular formula is C21H23N3O3. The van der Waals surface area contributed by atoms with Crippen molar-refractivity contribution in [2.75, 3.05) is 18.5 Å². The third-order valence-corrected chi connectivity index (χ3v) is 4.28. The number of carbonyl (C=O) groups excluding carboxylic acids is 1. The fourth-order valence-corrected chi connectivity index (χ4v) is 2.94. The lowest BCUT2D eigenvalue weighted by molar-refractivity contribution is 0.212. The van der Waals surface area contributed by atoms with Gasteiger partial charge in [-0.1, -0.05) is 18.2 Å². The van der Waals surface area contributed by atoms with Crippen LogP contribution in [0.15, 0.2) is 59.4 Å². The second kappa shape index (κ2) is 8.40. The average Bonchev–Trinajstić information content (AvgIpc) is 2.67. The molecular weight excluding hydrogens is 342 g/mol. The summed E-state index contributed by atoms with van der Waals surface area (Å²) in [6.07, 6.45) is 0. The first-order valence-electron chi connectivity index (χ1n) is 9.00. The van der Waals surface area contributed by atoms with Crippen molar-refractivity contribution in [1.82, 2.24) is 9.88 Å². The van der Waals surface area contributed by atoms with Gasteiger partial charge >= 0.3 is 6.03 Å². The molecule has 1 aromatic heterocycles. The maximum atomic E-state index is 12.7. The molecule has 27 heavy (non-hydrogen) atoms. The maximum absolute atomic E-state index is 12.7. The molecule has 140 valence electrons. The SMILES string of the molecule is CCOc1ccc(NC(=O)N(CC)Cc2cc(=O)[nH]c3ccccc23)cc1. The zero-order valence-corrected chi connectivity index (χ0v) is 15.5. The monoisotopic (exact) mass is 365 g/mol. The predicted molar refractivity (Wildman–Crippen MR) is 107 cm³/mol. The summed E-state index contributed by atoms with van der Waals surface area (Å²) in [5, 5.41) is 3.83. The third-order valence-electron chi connectivity index (χ3n) is 4.28. The van der Waals surface area contributed by atoms with Gasteiger partial charge in [0.25, 0.3) is 0 Å². The van der Waals surface area contributed by atoms with Crippen molar-refractivity contribution in [3.63, 3.8) is 0 Å². The number of ether oxygens (including phenoxy) is 1. The predicted octanol–water partition coefficient (Wildman–Crippen LogP) is 3.98. The lowest BCUT2D eigenvalue weighted by Gasteiger charge is -2.22. The van der Waals surface area contributed by atoms with E-state index < -0.39 is 0 Å². The molecule has 6 nitrogen and oxygen atoms in total. The van der Waals surface area contributed by atoms with Crippen LogP contribution in [0.25, 0.3) is 10.9 Å². The van der Waals surface area contributed by atoms with Crippen LogP contribution in [0.3, 0.4) is 0 Å². The van der Waals surface area contributed by atoms with Gasteiger partial charge in [0.1, 0.15) is 5.75 Å². The summed E-state index contributed by atoms with van der Waals surface area (Å²) in [5.41, 5.74) is 2.10. The van der Waals surface area contributed by atoms with Crippen LogP contribution in [0.2, 0.25) is 0 Å². The number of nitrogens with one attached hydrogen (secondary N) is 2. The summed E-state index contributed by atoms with van der Waals surface area (Å²) < 4.78 is 5.41. The molecule has 3 aromatic rings. The number of amides is 2. The number of benzene rings is 2. The van der Waals surface area contributed by atoms with Crippen molar-refractivity contribution < 1.29 is 9.53 Å². The number of hydrogen-bond acceptors (Lipinski definition) is 3. The van der Waals surface area contributed by atoms with Crippen LogP contribution < -0.4 is 15.6 Å². The van der Waals surface area contributed by atoms with Gasteiger partial charge in [0.2, 0.25) is 5.56 Å². The number of anilines is 1. The van der Waals surface area contributed by atoms with Crippen LogP contribution in [-0.2, 0) is 6.54 Å².